The zero-order valence-electron chi connectivity index (χ0n) is 8.59. The lowest BCUT2D eigenvalue weighted by molar-refractivity contribution is -0.129. The number of carbonyl (C=O) groups excluding carboxylic acids is 2. The van der Waals surface area contributed by atoms with Gasteiger partial charge in [0, 0.05) is 13.5 Å². The van der Waals surface area contributed by atoms with Crippen molar-refractivity contribution < 1.29 is 9.59 Å². The van der Waals surface area contributed by atoms with Gasteiger partial charge < -0.3 is 16.0 Å². The molecule has 0 aromatic rings. The van der Waals surface area contributed by atoms with Crippen LogP contribution in [0.5, 0.6) is 0 Å². The zero-order valence-corrected chi connectivity index (χ0v) is 8.59. The Morgan fingerprint density at radius 3 is 2.57 bits per heavy atom. The molecule has 0 aromatic carbocycles. The Morgan fingerprint density at radius 2 is 2.14 bits per heavy atom. The van der Waals surface area contributed by atoms with Crippen molar-refractivity contribution in [2.45, 2.75) is 19.4 Å². The van der Waals surface area contributed by atoms with Gasteiger partial charge in [-0.2, -0.15) is 0 Å². The summed E-state index contributed by atoms with van der Waals surface area (Å²) in [5.74, 6) is 0.226. The van der Waals surface area contributed by atoms with E-state index < -0.39 is 6.04 Å². The molecule has 5 nitrogen and oxygen atoms in total. The molecule has 3 N–H and O–H groups in total. The van der Waals surface area contributed by atoms with Crippen LogP contribution in [-0.4, -0.2) is 38.0 Å². The fourth-order valence-electron chi connectivity index (χ4n) is 1.34. The van der Waals surface area contributed by atoms with E-state index in [1.54, 1.807) is 14.0 Å². The number of hydrogen-bond donors (Lipinski definition) is 3. The van der Waals surface area contributed by atoms with Gasteiger partial charge in [0.15, 0.2) is 0 Å². The maximum absolute atomic E-state index is 11.4. The van der Waals surface area contributed by atoms with Crippen molar-refractivity contribution in [1.29, 1.82) is 0 Å². The van der Waals surface area contributed by atoms with Crippen LogP contribution in [0.3, 0.4) is 0 Å². The van der Waals surface area contributed by atoms with E-state index in [0.29, 0.717) is 12.3 Å². The van der Waals surface area contributed by atoms with Crippen molar-refractivity contribution in [2.24, 2.45) is 5.92 Å². The molecule has 1 fully saturated rings. The molecule has 1 saturated heterocycles. The van der Waals surface area contributed by atoms with E-state index in [1.807, 2.05) is 0 Å². The summed E-state index contributed by atoms with van der Waals surface area (Å²) in [6.07, 6.45) is 0.508. The first kappa shape index (κ1) is 11.0. The van der Waals surface area contributed by atoms with E-state index in [9.17, 15) is 9.59 Å². The second-order valence-electron chi connectivity index (χ2n) is 3.63. The van der Waals surface area contributed by atoms with E-state index in [1.165, 1.54) is 0 Å². The van der Waals surface area contributed by atoms with Gasteiger partial charge in [0.25, 0.3) is 0 Å². The first-order valence-corrected chi connectivity index (χ1v) is 4.85. The molecule has 1 heterocycles. The van der Waals surface area contributed by atoms with Gasteiger partial charge in [-0.05, 0) is 25.9 Å². The molecule has 1 rings (SSSR count). The maximum atomic E-state index is 11.4. The first-order chi connectivity index (χ1) is 6.63. The van der Waals surface area contributed by atoms with Crippen molar-refractivity contribution in [3.05, 3.63) is 0 Å². The highest BCUT2D eigenvalue weighted by Gasteiger charge is 2.21. The van der Waals surface area contributed by atoms with Crippen molar-refractivity contribution in [2.75, 3.05) is 20.1 Å². The monoisotopic (exact) mass is 199 g/mol. The summed E-state index contributed by atoms with van der Waals surface area (Å²) < 4.78 is 0. The SMILES string of the molecule is CNC(=O)C(C)NC(=O)CC1CNC1. The van der Waals surface area contributed by atoms with Gasteiger partial charge in [-0.3, -0.25) is 9.59 Å². The highest BCUT2D eigenvalue weighted by Crippen LogP contribution is 2.07. The molecule has 0 spiro atoms. The maximum Gasteiger partial charge on any atom is 0.242 e. The summed E-state index contributed by atoms with van der Waals surface area (Å²) in [7, 11) is 1.56. The average Bonchev–Trinajstić information content (AvgIpc) is 2.10. The minimum absolute atomic E-state index is 0.0485. The number of amides is 2. The Balaban J connectivity index is 2.21. The molecule has 0 bridgehead atoms. The van der Waals surface area contributed by atoms with Gasteiger partial charge in [-0.15, -0.1) is 0 Å². The summed E-state index contributed by atoms with van der Waals surface area (Å²) in [6.45, 7) is 3.49. The second kappa shape index (κ2) is 4.95. The lowest BCUT2D eigenvalue weighted by Crippen LogP contribution is -2.48. The smallest absolute Gasteiger partial charge is 0.242 e. The van der Waals surface area contributed by atoms with Gasteiger partial charge in [-0.25, -0.2) is 0 Å². The lowest BCUT2D eigenvalue weighted by atomic mass is 9.99. The van der Waals surface area contributed by atoms with E-state index in [-0.39, 0.29) is 11.8 Å². The molecule has 1 unspecified atom stereocenters. The first-order valence-electron chi connectivity index (χ1n) is 4.85. The van der Waals surface area contributed by atoms with Gasteiger partial charge in [0.05, 0.1) is 0 Å². The Kier molecular flexibility index (Phi) is 3.88. The van der Waals surface area contributed by atoms with Crippen LogP contribution in [0.2, 0.25) is 0 Å². The normalized spacial score (nSPS) is 18.1. The van der Waals surface area contributed by atoms with Crippen molar-refractivity contribution in [1.82, 2.24) is 16.0 Å². The minimum atomic E-state index is -0.444. The van der Waals surface area contributed by atoms with Crippen molar-refractivity contribution in [3.63, 3.8) is 0 Å². The molecule has 1 aliphatic rings. The summed E-state index contributed by atoms with van der Waals surface area (Å²) in [6, 6.07) is -0.444. The fourth-order valence-corrected chi connectivity index (χ4v) is 1.34. The highest BCUT2D eigenvalue weighted by atomic mass is 16.2. The number of likely N-dealkylation sites (N-methyl/N-ethyl adjacent to an activating group) is 1. The van der Waals surface area contributed by atoms with E-state index in [2.05, 4.69) is 16.0 Å². The Bertz CT molecular complexity index is 226. The van der Waals surface area contributed by atoms with E-state index in [4.69, 9.17) is 0 Å². The van der Waals surface area contributed by atoms with Gasteiger partial charge in [0.1, 0.15) is 6.04 Å². The number of hydrogen-bond acceptors (Lipinski definition) is 3. The highest BCUT2D eigenvalue weighted by molar-refractivity contribution is 5.87. The predicted octanol–water partition coefficient (Wildman–Crippen LogP) is -1.15. The van der Waals surface area contributed by atoms with Crippen molar-refractivity contribution >= 4 is 11.8 Å². The van der Waals surface area contributed by atoms with Gasteiger partial charge in [0.2, 0.25) is 11.8 Å². The van der Waals surface area contributed by atoms with Crippen LogP contribution in [0.4, 0.5) is 0 Å². The molecular weight excluding hydrogens is 182 g/mol. The van der Waals surface area contributed by atoms with Crippen LogP contribution in [-0.2, 0) is 9.59 Å². The summed E-state index contributed by atoms with van der Waals surface area (Å²) in [5.41, 5.74) is 0. The molecule has 1 aliphatic heterocycles. The molecule has 0 aliphatic carbocycles. The fraction of sp³-hybridized carbons (Fsp3) is 0.778. The standard InChI is InChI=1S/C9H17N3O2/c1-6(9(14)10-2)12-8(13)3-7-4-11-5-7/h6-7,11H,3-5H2,1-2H3,(H,10,14)(H,12,13). The predicted molar refractivity (Wildman–Crippen MR) is 52.6 cm³/mol. The molecule has 5 heteroatoms. The molecule has 80 valence electrons. The van der Waals surface area contributed by atoms with Crippen LogP contribution in [0.25, 0.3) is 0 Å². The molecule has 0 saturated carbocycles. The van der Waals surface area contributed by atoms with E-state index in [0.717, 1.165) is 13.1 Å². The van der Waals surface area contributed by atoms with Crippen LogP contribution in [0.1, 0.15) is 13.3 Å². The topological polar surface area (TPSA) is 70.2 Å². The summed E-state index contributed by atoms with van der Waals surface area (Å²) in [5, 5.41) is 8.23. The van der Waals surface area contributed by atoms with Gasteiger partial charge in [-0.1, -0.05) is 0 Å². The Morgan fingerprint density at radius 1 is 1.50 bits per heavy atom. The molecule has 14 heavy (non-hydrogen) atoms. The molecular formula is C9H17N3O2. The van der Waals surface area contributed by atoms with Crippen LogP contribution >= 0.6 is 0 Å². The van der Waals surface area contributed by atoms with Crippen LogP contribution < -0.4 is 16.0 Å². The number of nitrogens with one attached hydrogen (secondary N) is 3. The third-order valence-corrected chi connectivity index (χ3v) is 2.36. The molecule has 0 aromatic heterocycles. The van der Waals surface area contributed by atoms with Crippen molar-refractivity contribution in [3.8, 4) is 0 Å². The summed E-state index contributed by atoms with van der Waals surface area (Å²) >= 11 is 0. The van der Waals surface area contributed by atoms with Gasteiger partial charge >= 0.3 is 0 Å². The van der Waals surface area contributed by atoms with Crippen LogP contribution in [0.15, 0.2) is 0 Å². The zero-order chi connectivity index (χ0) is 10.6. The minimum Gasteiger partial charge on any atom is -0.357 e. The quantitative estimate of drug-likeness (QED) is 0.535. The third-order valence-electron chi connectivity index (χ3n) is 2.36. The average molecular weight is 199 g/mol. The number of rotatable bonds is 4. The lowest BCUT2D eigenvalue weighted by Gasteiger charge is -2.26. The Hall–Kier alpha value is -1.10. The van der Waals surface area contributed by atoms with E-state index >= 15 is 0 Å². The molecule has 1 atom stereocenters. The second-order valence-corrected chi connectivity index (χ2v) is 3.63. The third kappa shape index (κ3) is 2.99. The number of carbonyl (C=O) groups is 2. The summed E-state index contributed by atoms with van der Waals surface area (Å²) in [4.78, 5) is 22.4. The Labute approximate surface area is 83.6 Å². The van der Waals surface area contributed by atoms with Crippen LogP contribution in [0, 0.1) is 5.92 Å². The molecule has 2 amide bonds. The largest absolute Gasteiger partial charge is 0.357 e. The molecule has 0 radical (unpaired) electrons.